The normalized spacial score (nSPS) is 11.2. The highest BCUT2D eigenvalue weighted by molar-refractivity contribution is 5.69. The monoisotopic (exact) mass is 316 g/mol. The summed E-state index contributed by atoms with van der Waals surface area (Å²) in [6.45, 7) is 5.12. The Hall–Kier alpha value is -0.650. The molecule has 0 bridgehead atoms. The van der Waals surface area contributed by atoms with E-state index in [4.69, 9.17) is 10.2 Å². The molecule has 0 rings (SSSR count). The molecule has 0 saturated carbocycles. The Morgan fingerprint density at radius 3 is 2.05 bits per heavy atom. The van der Waals surface area contributed by atoms with E-state index in [1.54, 1.807) is 4.90 Å². The van der Waals surface area contributed by atoms with Crippen molar-refractivity contribution < 1.29 is 15.0 Å². The van der Waals surface area contributed by atoms with Crippen LogP contribution in [0.25, 0.3) is 0 Å². The molecular weight excluding hydrogens is 280 g/mol. The summed E-state index contributed by atoms with van der Waals surface area (Å²) < 4.78 is 0. The van der Waals surface area contributed by atoms with Crippen molar-refractivity contribution in [3.63, 3.8) is 0 Å². The molecule has 0 aliphatic heterocycles. The molecule has 0 unspecified atom stereocenters. The Balaban J connectivity index is 3.29. The van der Waals surface area contributed by atoms with E-state index in [-0.39, 0.29) is 13.2 Å². The smallest absolute Gasteiger partial charge is 0.317 e. The van der Waals surface area contributed by atoms with Crippen molar-refractivity contribution in [1.82, 2.24) is 10.2 Å². The number of hydrogen-bond donors (Lipinski definition) is 3. The first-order valence-corrected chi connectivity index (χ1v) is 8.96. The lowest BCUT2D eigenvalue weighted by Crippen LogP contribution is -2.37. The van der Waals surface area contributed by atoms with Crippen molar-refractivity contribution in [2.75, 3.05) is 39.3 Å². The first kappa shape index (κ1) is 21.4. The van der Waals surface area contributed by atoms with Crippen molar-refractivity contribution in [1.29, 1.82) is 0 Å². The van der Waals surface area contributed by atoms with Gasteiger partial charge in [0.05, 0.1) is 13.2 Å². The Kier molecular flexibility index (Phi) is 16.2. The zero-order chi connectivity index (χ0) is 16.5. The lowest BCUT2D eigenvalue weighted by molar-refractivity contribution is -0.138. The number of aliphatic hydroxyl groups excluding tert-OH is 1. The lowest BCUT2D eigenvalue weighted by Gasteiger charge is -2.19. The lowest BCUT2D eigenvalue weighted by atomic mass is 10.1. The fourth-order valence-electron chi connectivity index (χ4n) is 2.53. The van der Waals surface area contributed by atoms with Crippen molar-refractivity contribution in [2.45, 2.75) is 64.7 Å². The molecule has 0 aliphatic rings. The highest BCUT2D eigenvalue weighted by Crippen LogP contribution is 2.09. The van der Waals surface area contributed by atoms with Crippen LogP contribution in [0.15, 0.2) is 0 Å². The van der Waals surface area contributed by atoms with Crippen molar-refractivity contribution in [3.05, 3.63) is 0 Å². The third-order valence-corrected chi connectivity index (χ3v) is 3.84. The van der Waals surface area contributed by atoms with Crippen LogP contribution in [0.4, 0.5) is 0 Å². The van der Waals surface area contributed by atoms with Gasteiger partial charge in [0.15, 0.2) is 0 Å². The van der Waals surface area contributed by atoms with E-state index in [0.717, 1.165) is 13.1 Å². The molecule has 0 fully saturated rings. The fourth-order valence-corrected chi connectivity index (χ4v) is 2.53. The summed E-state index contributed by atoms with van der Waals surface area (Å²) >= 11 is 0. The maximum atomic E-state index is 10.7. The molecule has 0 aliphatic carbocycles. The van der Waals surface area contributed by atoms with Crippen LogP contribution in [-0.2, 0) is 4.79 Å². The minimum atomic E-state index is -0.840. The standard InChI is InChI=1S/C17H36N2O3/c1-2-3-4-5-6-7-8-9-10-11-18-12-13-19(14-15-20)16-17(21)22/h18,20H,2-16H2,1H3,(H,21,22). The predicted molar refractivity (Wildman–Crippen MR) is 91.3 cm³/mol. The molecule has 0 aromatic carbocycles. The van der Waals surface area contributed by atoms with E-state index >= 15 is 0 Å². The molecule has 0 aromatic rings. The number of carbonyl (C=O) groups is 1. The van der Waals surface area contributed by atoms with Crippen LogP contribution in [0, 0.1) is 0 Å². The van der Waals surface area contributed by atoms with Gasteiger partial charge in [-0.3, -0.25) is 9.69 Å². The van der Waals surface area contributed by atoms with E-state index < -0.39 is 5.97 Å². The summed E-state index contributed by atoms with van der Waals surface area (Å²) in [4.78, 5) is 12.4. The summed E-state index contributed by atoms with van der Waals surface area (Å²) in [6.07, 6.45) is 12.0. The minimum Gasteiger partial charge on any atom is -0.480 e. The fraction of sp³-hybridized carbons (Fsp3) is 0.941. The maximum absolute atomic E-state index is 10.7. The van der Waals surface area contributed by atoms with Gasteiger partial charge >= 0.3 is 5.97 Å². The largest absolute Gasteiger partial charge is 0.480 e. The highest BCUT2D eigenvalue weighted by atomic mass is 16.4. The Morgan fingerprint density at radius 1 is 0.909 bits per heavy atom. The second-order valence-electron chi connectivity index (χ2n) is 5.97. The first-order valence-electron chi connectivity index (χ1n) is 8.96. The van der Waals surface area contributed by atoms with Gasteiger partial charge in [0.25, 0.3) is 0 Å². The second-order valence-corrected chi connectivity index (χ2v) is 5.97. The number of hydrogen-bond acceptors (Lipinski definition) is 4. The van der Waals surface area contributed by atoms with Gasteiger partial charge in [-0.05, 0) is 13.0 Å². The van der Waals surface area contributed by atoms with E-state index in [9.17, 15) is 4.79 Å². The van der Waals surface area contributed by atoms with Crippen LogP contribution in [0.1, 0.15) is 64.7 Å². The van der Waals surface area contributed by atoms with Gasteiger partial charge in [0.1, 0.15) is 0 Å². The van der Waals surface area contributed by atoms with Crippen molar-refractivity contribution in [3.8, 4) is 0 Å². The van der Waals surface area contributed by atoms with Crippen LogP contribution >= 0.6 is 0 Å². The molecule has 3 N–H and O–H groups in total. The number of unbranched alkanes of at least 4 members (excludes halogenated alkanes) is 8. The topological polar surface area (TPSA) is 72.8 Å². The number of nitrogens with zero attached hydrogens (tertiary/aromatic N) is 1. The number of carboxylic acids is 1. The average Bonchev–Trinajstić information content (AvgIpc) is 2.48. The molecule has 0 radical (unpaired) electrons. The number of nitrogens with one attached hydrogen (secondary N) is 1. The first-order chi connectivity index (χ1) is 10.7. The number of carboxylic acid groups (broad SMARTS) is 1. The quantitative estimate of drug-likeness (QED) is 0.360. The summed E-state index contributed by atoms with van der Waals surface area (Å²) in [5.74, 6) is -0.840. The minimum absolute atomic E-state index is 0.000269. The van der Waals surface area contributed by atoms with Gasteiger partial charge in [0, 0.05) is 19.6 Å². The molecule has 0 heterocycles. The van der Waals surface area contributed by atoms with Gasteiger partial charge in [-0.25, -0.2) is 0 Å². The van der Waals surface area contributed by atoms with Crippen LogP contribution in [-0.4, -0.2) is 60.4 Å². The van der Waals surface area contributed by atoms with Gasteiger partial charge in [-0.15, -0.1) is 0 Å². The second kappa shape index (κ2) is 16.7. The molecule has 0 spiro atoms. The Bertz CT molecular complexity index is 250. The van der Waals surface area contributed by atoms with Gasteiger partial charge < -0.3 is 15.5 Å². The number of rotatable bonds is 17. The Labute approximate surface area is 136 Å². The molecule has 0 aromatic heterocycles. The van der Waals surface area contributed by atoms with E-state index in [2.05, 4.69) is 12.2 Å². The average molecular weight is 316 g/mol. The van der Waals surface area contributed by atoms with Crippen LogP contribution in [0.5, 0.6) is 0 Å². The molecule has 0 atom stereocenters. The third-order valence-electron chi connectivity index (χ3n) is 3.84. The zero-order valence-electron chi connectivity index (χ0n) is 14.4. The van der Waals surface area contributed by atoms with Gasteiger partial charge in [-0.1, -0.05) is 58.3 Å². The predicted octanol–water partition coefficient (Wildman–Crippen LogP) is 2.49. The molecule has 5 nitrogen and oxygen atoms in total. The molecule has 132 valence electrons. The van der Waals surface area contributed by atoms with Gasteiger partial charge in [0.2, 0.25) is 0 Å². The van der Waals surface area contributed by atoms with E-state index in [1.807, 2.05) is 0 Å². The van der Waals surface area contributed by atoms with Crippen LogP contribution in [0.2, 0.25) is 0 Å². The summed E-state index contributed by atoms with van der Waals surface area (Å²) in [7, 11) is 0. The van der Waals surface area contributed by atoms with E-state index in [1.165, 1.54) is 57.8 Å². The zero-order valence-corrected chi connectivity index (χ0v) is 14.4. The summed E-state index contributed by atoms with van der Waals surface area (Å²) in [5.41, 5.74) is 0. The molecule has 0 saturated heterocycles. The molecule has 22 heavy (non-hydrogen) atoms. The maximum Gasteiger partial charge on any atom is 0.317 e. The molecule has 0 amide bonds. The van der Waals surface area contributed by atoms with E-state index in [0.29, 0.717) is 13.1 Å². The third kappa shape index (κ3) is 15.7. The summed E-state index contributed by atoms with van der Waals surface area (Å²) in [5, 5.41) is 21.0. The SMILES string of the molecule is CCCCCCCCCCCNCCN(CCO)CC(=O)O. The Morgan fingerprint density at radius 2 is 1.50 bits per heavy atom. The summed E-state index contributed by atoms with van der Waals surface area (Å²) in [6, 6.07) is 0. The number of aliphatic hydroxyl groups is 1. The van der Waals surface area contributed by atoms with Gasteiger partial charge in [-0.2, -0.15) is 0 Å². The van der Waals surface area contributed by atoms with Crippen LogP contribution < -0.4 is 5.32 Å². The van der Waals surface area contributed by atoms with Crippen molar-refractivity contribution in [2.24, 2.45) is 0 Å². The highest BCUT2D eigenvalue weighted by Gasteiger charge is 2.07. The number of aliphatic carboxylic acids is 1. The van der Waals surface area contributed by atoms with Crippen molar-refractivity contribution >= 4 is 5.97 Å². The molecule has 5 heteroatoms. The molecular formula is C17H36N2O3. The van der Waals surface area contributed by atoms with Crippen LogP contribution in [0.3, 0.4) is 0 Å².